The van der Waals surface area contributed by atoms with Crippen LogP contribution in [-0.2, 0) is 9.59 Å². The fourth-order valence-corrected chi connectivity index (χ4v) is 3.04. The summed E-state index contributed by atoms with van der Waals surface area (Å²) in [6.07, 6.45) is 2.06. The quantitative estimate of drug-likeness (QED) is 0.452. The monoisotopic (exact) mass is 136 g/mol. The van der Waals surface area contributed by atoms with Gasteiger partial charge in [0.15, 0.2) is 0 Å². The van der Waals surface area contributed by atoms with Gasteiger partial charge in [0, 0.05) is 11.8 Å². The van der Waals surface area contributed by atoms with Gasteiger partial charge in [0.2, 0.25) is 0 Å². The van der Waals surface area contributed by atoms with Crippen LogP contribution in [0.2, 0.25) is 0 Å². The molecule has 4 aliphatic rings. The molecule has 4 rings (SSSR count). The van der Waals surface area contributed by atoms with Crippen molar-refractivity contribution in [2.45, 2.75) is 12.8 Å². The standard InChI is InChI=1S/C8H8O2/c9-7-4-1-3-2-5(4)8(10)6(3)7/h3-6H,1-2H2. The summed E-state index contributed by atoms with van der Waals surface area (Å²) in [6.45, 7) is 0. The van der Waals surface area contributed by atoms with Gasteiger partial charge in [-0.05, 0) is 18.8 Å². The van der Waals surface area contributed by atoms with Gasteiger partial charge in [-0.3, -0.25) is 9.59 Å². The molecule has 2 unspecified atom stereocenters. The Morgan fingerprint density at radius 1 is 1.00 bits per heavy atom. The highest BCUT2D eigenvalue weighted by atomic mass is 16.2. The summed E-state index contributed by atoms with van der Waals surface area (Å²) in [7, 11) is 0. The Bertz CT molecular complexity index is 220. The molecular formula is C8H8O2. The van der Waals surface area contributed by atoms with Crippen LogP contribution in [-0.4, -0.2) is 11.6 Å². The Morgan fingerprint density at radius 3 is 1.70 bits per heavy atom. The number of ketones is 2. The summed E-state index contributed by atoms with van der Waals surface area (Å²) in [5.74, 6) is 1.22. The molecule has 4 aliphatic carbocycles. The van der Waals surface area contributed by atoms with Crippen molar-refractivity contribution < 1.29 is 9.59 Å². The molecule has 4 fully saturated rings. The van der Waals surface area contributed by atoms with Gasteiger partial charge < -0.3 is 0 Å². The van der Waals surface area contributed by atoms with Crippen molar-refractivity contribution in [1.29, 1.82) is 0 Å². The third-order valence-electron chi connectivity index (χ3n) is 3.41. The summed E-state index contributed by atoms with van der Waals surface area (Å²) in [5.41, 5.74) is 0. The molecule has 2 atom stereocenters. The molecule has 0 heterocycles. The summed E-state index contributed by atoms with van der Waals surface area (Å²) in [4.78, 5) is 22.4. The van der Waals surface area contributed by atoms with E-state index in [4.69, 9.17) is 0 Å². The summed E-state index contributed by atoms with van der Waals surface area (Å²) in [6, 6.07) is 0. The van der Waals surface area contributed by atoms with Gasteiger partial charge in [-0.2, -0.15) is 0 Å². The first-order chi connectivity index (χ1) is 4.79. The van der Waals surface area contributed by atoms with Crippen molar-refractivity contribution in [1.82, 2.24) is 0 Å². The number of carbonyl (C=O) groups excluding carboxylic acids is 2. The third-order valence-corrected chi connectivity index (χ3v) is 3.41. The van der Waals surface area contributed by atoms with E-state index in [0.717, 1.165) is 12.8 Å². The first-order valence-electron chi connectivity index (χ1n) is 3.86. The molecule has 0 radical (unpaired) electrons. The predicted octanol–water partition coefficient (Wildman–Crippen LogP) is 0.410. The average Bonchev–Trinajstić information content (AvgIpc) is 2.51. The van der Waals surface area contributed by atoms with Gasteiger partial charge in [0.1, 0.15) is 11.6 Å². The Labute approximate surface area is 58.6 Å². The Morgan fingerprint density at radius 2 is 1.50 bits per heavy atom. The van der Waals surface area contributed by atoms with Crippen LogP contribution in [0.25, 0.3) is 0 Å². The molecule has 52 valence electrons. The lowest BCUT2D eigenvalue weighted by Crippen LogP contribution is -2.13. The molecule has 4 saturated carbocycles. The number of Topliss-reactive ketones (excluding diaryl/α,β-unsaturated/α-hetero) is 2. The van der Waals surface area contributed by atoms with Crippen LogP contribution < -0.4 is 0 Å². The van der Waals surface area contributed by atoms with Gasteiger partial charge >= 0.3 is 0 Å². The van der Waals surface area contributed by atoms with Crippen LogP contribution in [0.5, 0.6) is 0 Å². The highest BCUT2D eigenvalue weighted by Crippen LogP contribution is 2.58. The number of rotatable bonds is 0. The van der Waals surface area contributed by atoms with Crippen molar-refractivity contribution >= 4 is 11.6 Å². The molecule has 0 amide bonds. The zero-order chi connectivity index (χ0) is 6.88. The second kappa shape index (κ2) is 1.20. The van der Waals surface area contributed by atoms with E-state index in [2.05, 4.69) is 0 Å². The predicted molar refractivity (Wildman–Crippen MR) is 33.2 cm³/mol. The van der Waals surface area contributed by atoms with Gasteiger partial charge in [0.05, 0.1) is 5.92 Å². The van der Waals surface area contributed by atoms with E-state index in [1.807, 2.05) is 0 Å². The van der Waals surface area contributed by atoms with E-state index in [1.54, 1.807) is 0 Å². The minimum absolute atomic E-state index is 0.130. The highest BCUT2D eigenvalue weighted by Gasteiger charge is 2.65. The maximum absolute atomic E-state index is 11.2. The fraction of sp³-hybridized carbons (Fsp3) is 0.750. The molecule has 4 bridgehead atoms. The molecule has 2 heteroatoms. The lowest BCUT2D eigenvalue weighted by molar-refractivity contribution is -0.126. The minimum Gasteiger partial charge on any atom is -0.299 e. The zero-order valence-corrected chi connectivity index (χ0v) is 5.54. The first kappa shape index (κ1) is 5.05. The number of hydrogen-bond acceptors (Lipinski definition) is 2. The SMILES string of the molecule is O=C1C2CC3CC2C(=O)C13. The second-order valence-corrected chi connectivity index (χ2v) is 3.73. The van der Waals surface area contributed by atoms with E-state index in [9.17, 15) is 9.59 Å². The largest absolute Gasteiger partial charge is 0.299 e. The molecule has 0 aliphatic heterocycles. The smallest absolute Gasteiger partial charge is 0.147 e. The van der Waals surface area contributed by atoms with Gasteiger partial charge in [0.25, 0.3) is 0 Å². The Kier molecular flexibility index (Phi) is 0.607. The minimum atomic E-state index is -0.130. The maximum atomic E-state index is 11.2. The van der Waals surface area contributed by atoms with E-state index < -0.39 is 0 Å². The summed E-state index contributed by atoms with van der Waals surface area (Å²) < 4.78 is 0. The van der Waals surface area contributed by atoms with E-state index in [0.29, 0.717) is 5.92 Å². The topological polar surface area (TPSA) is 34.1 Å². The van der Waals surface area contributed by atoms with Crippen LogP contribution in [0.1, 0.15) is 12.8 Å². The lowest BCUT2D eigenvalue weighted by atomic mass is 10.00. The van der Waals surface area contributed by atoms with Crippen LogP contribution in [0.4, 0.5) is 0 Å². The van der Waals surface area contributed by atoms with Crippen LogP contribution >= 0.6 is 0 Å². The van der Waals surface area contributed by atoms with Crippen molar-refractivity contribution in [2.75, 3.05) is 0 Å². The van der Waals surface area contributed by atoms with E-state index in [1.165, 1.54) is 0 Å². The molecule has 0 saturated heterocycles. The molecule has 0 aromatic heterocycles. The third kappa shape index (κ3) is 0.300. The molecule has 2 nitrogen and oxygen atoms in total. The van der Waals surface area contributed by atoms with Crippen LogP contribution in [0.15, 0.2) is 0 Å². The fourth-order valence-electron chi connectivity index (χ4n) is 3.04. The Hall–Kier alpha value is -0.660. The molecule has 10 heavy (non-hydrogen) atoms. The van der Waals surface area contributed by atoms with Crippen LogP contribution in [0.3, 0.4) is 0 Å². The number of hydrogen-bond donors (Lipinski definition) is 0. The summed E-state index contributed by atoms with van der Waals surface area (Å²) >= 11 is 0. The maximum Gasteiger partial charge on any atom is 0.147 e. The van der Waals surface area contributed by atoms with Crippen LogP contribution in [0, 0.1) is 23.7 Å². The second-order valence-electron chi connectivity index (χ2n) is 3.73. The molecule has 0 aromatic rings. The van der Waals surface area contributed by atoms with Crippen molar-refractivity contribution in [2.24, 2.45) is 23.7 Å². The summed E-state index contributed by atoms with van der Waals surface area (Å²) in [5, 5.41) is 0. The number of carbonyl (C=O) groups is 2. The van der Waals surface area contributed by atoms with Crippen molar-refractivity contribution in [3.63, 3.8) is 0 Å². The van der Waals surface area contributed by atoms with Crippen molar-refractivity contribution in [3.8, 4) is 0 Å². The lowest BCUT2D eigenvalue weighted by Gasteiger charge is -2.01. The van der Waals surface area contributed by atoms with E-state index in [-0.39, 0.29) is 29.3 Å². The molecule has 0 N–H and O–H groups in total. The Balaban J connectivity index is 2.22. The highest BCUT2D eigenvalue weighted by molar-refractivity contribution is 6.15. The van der Waals surface area contributed by atoms with Crippen molar-refractivity contribution in [3.05, 3.63) is 0 Å². The molecule has 0 spiro atoms. The van der Waals surface area contributed by atoms with Gasteiger partial charge in [-0.1, -0.05) is 0 Å². The average molecular weight is 136 g/mol. The van der Waals surface area contributed by atoms with E-state index >= 15 is 0 Å². The van der Waals surface area contributed by atoms with Gasteiger partial charge in [-0.25, -0.2) is 0 Å². The van der Waals surface area contributed by atoms with Gasteiger partial charge in [-0.15, -0.1) is 0 Å². The molecular weight excluding hydrogens is 128 g/mol. The zero-order valence-electron chi connectivity index (χ0n) is 5.54. The normalized spacial score (nSPS) is 55.6. The first-order valence-corrected chi connectivity index (χ1v) is 3.86. The molecule has 0 aromatic carbocycles.